The number of nitrogens with zero attached hydrogens (tertiary/aromatic N) is 2. The van der Waals surface area contributed by atoms with E-state index in [0.717, 1.165) is 27.1 Å². The molecule has 5 aromatic rings. The molecule has 0 saturated heterocycles. The molecule has 48 heavy (non-hydrogen) atoms. The molecule has 1 atom stereocenters. The standard InChI is InChI=1S/C38H34N2O6S2/c1-6-44-37(43)32-33(24-10-8-7-9-11-24)39-38-40(34(32)25-12-16-28(47-5)17-13-25)35(41)31(48-38)21-27-15-19-30(46-27)29-18-14-26(20-23(29)4)36(42)45-22(2)3/h7-22,34H,6H2,1-5H3/b31-21+/t34-/m1/s1. The van der Waals surface area contributed by atoms with Gasteiger partial charge in [0.25, 0.3) is 5.56 Å². The molecular formula is C38H34N2O6S2. The summed E-state index contributed by atoms with van der Waals surface area (Å²) >= 11 is 2.84. The van der Waals surface area contributed by atoms with Gasteiger partial charge in [0.15, 0.2) is 4.80 Å². The predicted octanol–water partition coefficient (Wildman–Crippen LogP) is 6.79. The number of fused-ring (bicyclic) bond motifs is 1. The van der Waals surface area contributed by atoms with E-state index in [2.05, 4.69) is 0 Å². The quantitative estimate of drug-likeness (QED) is 0.125. The third-order valence-corrected chi connectivity index (χ3v) is 9.50. The molecule has 6 rings (SSSR count). The SMILES string of the molecule is CCOC(=O)C1=C(c2ccccc2)N=c2s/c(=C/c3ccc(-c4ccc(C(=O)OC(C)C)cc4C)o3)c(=O)n2[C@@H]1c1ccc(SC)cc1. The number of thioether (sulfide) groups is 1. The lowest BCUT2D eigenvalue weighted by Crippen LogP contribution is -2.40. The van der Waals surface area contributed by atoms with Gasteiger partial charge in [0.05, 0.1) is 40.1 Å². The van der Waals surface area contributed by atoms with Gasteiger partial charge in [-0.25, -0.2) is 14.6 Å². The van der Waals surface area contributed by atoms with Crippen molar-refractivity contribution in [3.63, 3.8) is 0 Å². The van der Waals surface area contributed by atoms with Gasteiger partial charge in [-0.3, -0.25) is 9.36 Å². The smallest absolute Gasteiger partial charge is 0.338 e. The number of rotatable bonds is 9. The van der Waals surface area contributed by atoms with Crippen LogP contribution >= 0.6 is 23.1 Å². The Balaban J connectivity index is 1.47. The van der Waals surface area contributed by atoms with Crippen molar-refractivity contribution in [1.82, 2.24) is 4.57 Å². The van der Waals surface area contributed by atoms with Crippen LogP contribution in [0.15, 0.2) is 110 Å². The number of aromatic nitrogens is 1. The summed E-state index contributed by atoms with van der Waals surface area (Å²) < 4.78 is 19.1. The largest absolute Gasteiger partial charge is 0.463 e. The molecule has 0 spiro atoms. The average Bonchev–Trinajstić information content (AvgIpc) is 3.67. The molecule has 0 fully saturated rings. The Morgan fingerprint density at radius 1 is 1.02 bits per heavy atom. The summed E-state index contributed by atoms with van der Waals surface area (Å²) in [5.74, 6) is 0.169. The Morgan fingerprint density at radius 3 is 2.44 bits per heavy atom. The van der Waals surface area contributed by atoms with Gasteiger partial charge in [-0.15, -0.1) is 11.8 Å². The third-order valence-electron chi connectivity index (χ3n) is 7.78. The number of hydrogen-bond acceptors (Lipinski definition) is 9. The molecular weight excluding hydrogens is 645 g/mol. The van der Waals surface area contributed by atoms with E-state index in [9.17, 15) is 14.4 Å². The van der Waals surface area contributed by atoms with Gasteiger partial charge in [-0.05, 0) is 81.5 Å². The highest BCUT2D eigenvalue weighted by atomic mass is 32.2. The highest BCUT2D eigenvalue weighted by Gasteiger charge is 2.35. The highest BCUT2D eigenvalue weighted by Crippen LogP contribution is 2.36. The first kappa shape index (κ1) is 33.0. The molecule has 244 valence electrons. The van der Waals surface area contributed by atoms with Crippen LogP contribution in [-0.2, 0) is 14.3 Å². The van der Waals surface area contributed by atoms with Crippen molar-refractivity contribution in [3.8, 4) is 11.3 Å². The Morgan fingerprint density at radius 2 is 1.77 bits per heavy atom. The van der Waals surface area contributed by atoms with E-state index < -0.39 is 12.0 Å². The molecule has 0 bridgehead atoms. The number of benzene rings is 3. The zero-order valence-corrected chi connectivity index (χ0v) is 28.8. The molecule has 1 aliphatic rings. The van der Waals surface area contributed by atoms with Crippen LogP contribution in [0.4, 0.5) is 0 Å². The first-order valence-corrected chi connectivity index (χ1v) is 17.6. The van der Waals surface area contributed by atoms with Crippen LogP contribution in [0, 0.1) is 6.92 Å². The fourth-order valence-corrected chi connectivity index (χ4v) is 6.98. The minimum Gasteiger partial charge on any atom is -0.463 e. The molecule has 0 radical (unpaired) electrons. The van der Waals surface area contributed by atoms with Crippen LogP contribution in [0.5, 0.6) is 0 Å². The summed E-state index contributed by atoms with van der Waals surface area (Å²) in [5, 5.41) is 0. The maximum Gasteiger partial charge on any atom is 0.338 e. The maximum atomic E-state index is 14.2. The number of thiazole rings is 1. The molecule has 0 saturated carbocycles. The van der Waals surface area contributed by atoms with Crippen LogP contribution < -0.4 is 14.9 Å². The van der Waals surface area contributed by atoms with Crippen LogP contribution in [0.1, 0.15) is 59.6 Å². The van der Waals surface area contributed by atoms with E-state index >= 15 is 0 Å². The minimum atomic E-state index is -0.760. The van der Waals surface area contributed by atoms with Gasteiger partial charge in [-0.1, -0.05) is 59.9 Å². The van der Waals surface area contributed by atoms with Crippen molar-refractivity contribution >= 4 is 46.8 Å². The third kappa shape index (κ3) is 6.58. The molecule has 0 unspecified atom stereocenters. The molecule has 0 amide bonds. The van der Waals surface area contributed by atoms with Gasteiger partial charge >= 0.3 is 11.9 Å². The van der Waals surface area contributed by atoms with Gasteiger partial charge in [-0.2, -0.15) is 0 Å². The van der Waals surface area contributed by atoms with E-state index in [-0.39, 0.29) is 24.2 Å². The summed E-state index contributed by atoms with van der Waals surface area (Å²) in [6.45, 7) is 7.46. The fourth-order valence-electron chi connectivity index (χ4n) is 5.60. The van der Waals surface area contributed by atoms with E-state index in [1.807, 2.05) is 93.8 Å². The lowest BCUT2D eigenvalue weighted by Gasteiger charge is -2.26. The highest BCUT2D eigenvalue weighted by molar-refractivity contribution is 7.98. The predicted molar refractivity (Wildman–Crippen MR) is 189 cm³/mol. The van der Waals surface area contributed by atoms with E-state index in [4.69, 9.17) is 18.9 Å². The molecule has 0 aliphatic carbocycles. The van der Waals surface area contributed by atoms with Crippen molar-refractivity contribution < 1.29 is 23.5 Å². The number of carbonyl (C=O) groups is 2. The van der Waals surface area contributed by atoms with E-state index in [1.165, 1.54) is 11.3 Å². The lowest BCUT2D eigenvalue weighted by molar-refractivity contribution is -0.138. The fraction of sp³-hybridized carbons (Fsp3) is 0.211. The molecule has 8 nitrogen and oxygen atoms in total. The average molecular weight is 679 g/mol. The zero-order chi connectivity index (χ0) is 33.9. The van der Waals surface area contributed by atoms with Crippen molar-refractivity contribution in [2.24, 2.45) is 4.99 Å². The molecule has 0 N–H and O–H groups in total. The summed E-state index contributed by atoms with van der Waals surface area (Å²) in [6, 6.07) is 25.5. The molecule has 2 aromatic heterocycles. The summed E-state index contributed by atoms with van der Waals surface area (Å²) in [5.41, 5.74) is 4.12. The van der Waals surface area contributed by atoms with Gasteiger partial charge in [0, 0.05) is 22.1 Å². The lowest BCUT2D eigenvalue weighted by atomic mass is 9.93. The van der Waals surface area contributed by atoms with Gasteiger partial charge < -0.3 is 13.9 Å². The number of carbonyl (C=O) groups excluding carboxylic acids is 2. The second-order valence-electron chi connectivity index (χ2n) is 11.4. The van der Waals surface area contributed by atoms with E-state index in [0.29, 0.717) is 37.7 Å². The number of esters is 2. The zero-order valence-electron chi connectivity index (χ0n) is 27.2. The summed E-state index contributed by atoms with van der Waals surface area (Å²) in [4.78, 5) is 46.7. The monoisotopic (exact) mass is 678 g/mol. The van der Waals surface area contributed by atoms with Crippen LogP contribution in [0.3, 0.4) is 0 Å². The first-order chi connectivity index (χ1) is 23.2. The summed E-state index contributed by atoms with van der Waals surface area (Å²) in [6.07, 6.45) is 3.48. The Kier molecular flexibility index (Phi) is 9.66. The number of furan rings is 1. The van der Waals surface area contributed by atoms with Gasteiger partial charge in [0.1, 0.15) is 11.5 Å². The minimum absolute atomic E-state index is 0.179. The van der Waals surface area contributed by atoms with Crippen molar-refractivity contribution in [3.05, 3.63) is 138 Å². The topological polar surface area (TPSA) is 100 Å². The maximum absolute atomic E-state index is 14.2. The number of hydrogen-bond donors (Lipinski definition) is 0. The first-order valence-electron chi connectivity index (χ1n) is 15.5. The normalized spacial score (nSPS) is 14.5. The number of ether oxygens (including phenoxy) is 2. The van der Waals surface area contributed by atoms with Crippen molar-refractivity contribution in [1.29, 1.82) is 0 Å². The van der Waals surface area contributed by atoms with Crippen molar-refractivity contribution in [2.45, 2.75) is 44.7 Å². The van der Waals surface area contributed by atoms with Crippen LogP contribution in [0.25, 0.3) is 23.1 Å². The Bertz CT molecular complexity index is 2210. The second kappa shape index (κ2) is 14.0. The number of aryl methyl sites for hydroxylation is 1. The van der Waals surface area contributed by atoms with Crippen LogP contribution in [-0.4, -0.2) is 35.5 Å². The van der Waals surface area contributed by atoms with E-state index in [1.54, 1.807) is 47.5 Å². The molecule has 3 aromatic carbocycles. The van der Waals surface area contributed by atoms with Gasteiger partial charge in [0.2, 0.25) is 0 Å². The Hall–Kier alpha value is -4.93. The second-order valence-corrected chi connectivity index (χ2v) is 13.3. The molecule has 1 aliphatic heterocycles. The summed E-state index contributed by atoms with van der Waals surface area (Å²) in [7, 11) is 0. The van der Waals surface area contributed by atoms with Crippen LogP contribution in [0.2, 0.25) is 0 Å². The molecule has 10 heteroatoms. The Labute approximate surface area is 286 Å². The van der Waals surface area contributed by atoms with Crippen molar-refractivity contribution in [2.75, 3.05) is 12.9 Å². The molecule has 3 heterocycles.